The van der Waals surface area contributed by atoms with Gasteiger partial charge < -0.3 is 10.1 Å². The highest BCUT2D eigenvalue weighted by Gasteiger charge is 2.34. The van der Waals surface area contributed by atoms with Gasteiger partial charge in [0.1, 0.15) is 11.9 Å². The standard InChI is InChI=1S/C28H32N2O2/c1-4-5-8-19-32-24-17-15-23(16-18-24)30-27(22-13-11-21(12-14-22)20(2)3)29-26-10-7-6-9-25(26)28(30)31/h6-7,9-18,20,27,29H,4-5,8,19H2,1-3H3/t27-/m0/s1. The summed E-state index contributed by atoms with van der Waals surface area (Å²) in [6, 6.07) is 24.1. The van der Waals surface area contributed by atoms with Crippen molar-refractivity contribution in [3.05, 3.63) is 89.5 Å². The van der Waals surface area contributed by atoms with E-state index in [4.69, 9.17) is 4.74 Å². The zero-order valence-electron chi connectivity index (χ0n) is 19.2. The van der Waals surface area contributed by atoms with Gasteiger partial charge >= 0.3 is 0 Å². The van der Waals surface area contributed by atoms with E-state index in [0.29, 0.717) is 11.5 Å². The number of carbonyl (C=O) groups excluding carboxylic acids is 1. The Balaban J connectivity index is 1.64. The molecule has 0 unspecified atom stereocenters. The lowest BCUT2D eigenvalue weighted by atomic mass is 9.98. The van der Waals surface area contributed by atoms with Gasteiger partial charge in [0.2, 0.25) is 0 Å². The lowest BCUT2D eigenvalue weighted by Crippen LogP contribution is -2.43. The van der Waals surface area contributed by atoms with E-state index < -0.39 is 0 Å². The maximum absolute atomic E-state index is 13.6. The maximum atomic E-state index is 13.6. The molecule has 1 aliphatic rings. The van der Waals surface area contributed by atoms with Crippen LogP contribution in [0.5, 0.6) is 5.75 Å². The molecule has 1 heterocycles. The third-order valence-electron chi connectivity index (χ3n) is 5.98. The predicted octanol–water partition coefficient (Wildman–Crippen LogP) is 7.15. The lowest BCUT2D eigenvalue weighted by Gasteiger charge is -2.38. The lowest BCUT2D eigenvalue weighted by molar-refractivity contribution is 0.0975. The number of anilines is 2. The Morgan fingerprint density at radius 2 is 1.66 bits per heavy atom. The van der Waals surface area contributed by atoms with Gasteiger partial charge in [-0.1, -0.05) is 70.0 Å². The molecule has 0 spiro atoms. The Morgan fingerprint density at radius 1 is 0.938 bits per heavy atom. The number of benzene rings is 3. The number of hydrogen-bond donors (Lipinski definition) is 1. The van der Waals surface area contributed by atoms with E-state index in [1.165, 1.54) is 18.4 Å². The number of nitrogens with one attached hydrogen (secondary N) is 1. The second-order valence-corrected chi connectivity index (χ2v) is 8.64. The Labute approximate surface area is 191 Å². The van der Waals surface area contributed by atoms with E-state index >= 15 is 0 Å². The van der Waals surface area contributed by atoms with Crippen molar-refractivity contribution in [1.29, 1.82) is 0 Å². The van der Waals surface area contributed by atoms with E-state index in [9.17, 15) is 4.79 Å². The molecule has 3 aromatic carbocycles. The van der Waals surface area contributed by atoms with Crippen molar-refractivity contribution in [2.75, 3.05) is 16.8 Å². The van der Waals surface area contributed by atoms with Gasteiger partial charge in [0, 0.05) is 11.4 Å². The zero-order valence-corrected chi connectivity index (χ0v) is 19.2. The molecule has 0 saturated heterocycles. The number of carbonyl (C=O) groups is 1. The Bertz CT molecular complexity index is 1040. The van der Waals surface area contributed by atoms with E-state index in [1.54, 1.807) is 0 Å². The summed E-state index contributed by atoms with van der Waals surface area (Å²) in [6.45, 7) is 7.27. The van der Waals surface area contributed by atoms with Gasteiger partial charge in [0.15, 0.2) is 0 Å². The Morgan fingerprint density at radius 3 is 2.34 bits per heavy atom. The van der Waals surface area contributed by atoms with Crippen LogP contribution in [0.2, 0.25) is 0 Å². The van der Waals surface area contributed by atoms with E-state index in [0.717, 1.165) is 35.7 Å². The molecular formula is C28H32N2O2. The van der Waals surface area contributed by atoms with Gasteiger partial charge in [0.25, 0.3) is 5.91 Å². The molecule has 0 aromatic heterocycles. The summed E-state index contributed by atoms with van der Waals surface area (Å²) in [4.78, 5) is 15.4. The molecule has 3 aromatic rings. The van der Waals surface area contributed by atoms with Gasteiger partial charge in [-0.2, -0.15) is 0 Å². The maximum Gasteiger partial charge on any atom is 0.262 e. The van der Waals surface area contributed by atoms with Crippen molar-refractivity contribution in [1.82, 2.24) is 0 Å². The molecule has 4 rings (SSSR count). The SMILES string of the molecule is CCCCCOc1ccc(N2C(=O)c3ccccc3N[C@@H]2c2ccc(C(C)C)cc2)cc1. The minimum atomic E-state index is -0.282. The first-order valence-electron chi connectivity index (χ1n) is 11.6. The smallest absolute Gasteiger partial charge is 0.262 e. The topological polar surface area (TPSA) is 41.6 Å². The van der Waals surface area contributed by atoms with Crippen LogP contribution in [0.3, 0.4) is 0 Å². The van der Waals surface area contributed by atoms with Gasteiger partial charge in [-0.15, -0.1) is 0 Å². The van der Waals surface area contributed by atoms with E-state index in [2.05, 4.69) is 50.4 Å². The van der Waals surface area contributed by atoms with Gasteiger partial charge in [-0.25, -0.2) is 0 Å². The van der Waals surface area contributed by atoms with Crippen molar-refractivity contribution >= 4 is 17.3 Å². The summed E-state index contributed by atoms with van der Waals surface area (Å²) in [5.74, 6) is 1.29. The van der Waals surface area contributed by atoms with Crippen molar-refractivity contribution in [3.8, 4) is 5.75 Å². The van der Waals surface area contributed by atoms with Crippen molar-refractivity contribution < 1.29 is 9.53 Å². The van der Waals surface area contributed by atoms with E-state index in [1.807, 2.05) is 53.4 Å². The molecule has 4 heteroatoms. The number of rotatable bonds is 8. The largest absolute Gasteiger partial charge is 0.494 e. The molecule has 0 bridgehead atoms. The number of nitrogens with zero attached hydrogens (tertiary/aromatic N) is 1. The Hall–Kier alpha value is -3.27. The number of amides is 1. The third-order valence-corrected chi connectivity index (χ3v) is 5.98. The second kappa shape index (κ2) is 9.90. The molecule has 166 valence electrons. The number of fused-ring (bicyclic) bond motifs is 1. The zero-order chi connectivity index (χ0) is 22.5. The van der Waals surface area contributed by atoms with Crippen LogP contribution in [0, 0.1) is 0 Å². The summed E-state index contributed by atoms with van der Waals surface area (Å²) < 4.78 is 5.86. The Kier molecular flexibility index (Phi) is 6.79. The van der Waals surface area contributed by atoms with Crippen LogP contribution in [-0.4, -0.2) is 12.5 Å². The quantitative estimate of drug-likeness (QED) is 0.387. The summed E-state index contributed by atoms with van der Waals surface area (Å²) in [7, 11) is 0. The molecule has 1 amide bonds. The number of ether oxygens (including phenoxy) is 1. The number of unbranched alkanes of at least 4 members (excludes halogenated alkanes) is 2. The van der Waals surface area contributed by atoms with Crippen molar-refractivity contribution in [2.45, 2.75) is 52.1 Å². The van der Waals surface area contributed by atoms with Crippen LogP contribution in [0.15, 0.2) is 72.8 Å². The first kappa shape index (κ1) is 21.9. The highest BCUT2D eigenvalue weighted by molar-refractivity contribution is 6.12. The normalized spacial score (nSPS) is 15.4. The number of para-hydroxylation sites is 1. The fourth-order valence-electron chi connectivity index (χ4n) is 4.06. The summed E-state index contributed by atoms with van der Waals surface area (Å²) in [6.07, 6.45) is 3.11. The molecule has 0 saturated carbocycles. The van der Waals surface area contributed by atoms with Gasteiger partial charge in [-0.05, 0) is 59.9 Å². The van der Waals surface area contributed by atoms with Crippen molar-refractivity contribution in [3.63, 3.8) is 0 Å². The molecule has 0 radical (unpaired) electrons. The molecule has 32 heavy (non-hydrogen) atoms. The molecule has 0 fully saturated rings. The second-order valence-electron chi connectivity index (χ2n) is 8.64. The summed E-state index contributed by atoms with van der Waals surface area (Å²) in [5.41, 5.74) is 4.73. The van der Waals surface area contributed by atoms with Crippen LogP contribution < -0.4 is 15.0 Å². The highest BCUT2D eigenvalue weighted by Crippen LogP contribution is 2.37. The minimum absolute atomic E-state index is 0.00565. The van der Waals surface area contributed by atoms with Gasteiger partial charge in [-0.3, -0.25) is 9.69 Å². The average molecular weight is 429 g/mol. The molecule has 1 atom stereocenters. The molecule has 1 aliphatic heterocycles. The molecule has 4 nitrogen and oxygen atoms in total. The van der Waals surface area contributed by atoms with Crippen LogP contribution in [0.25, 0.3) is 0 Å². The van der Waals surface area contributed by atoms with Crippen molar-refractivity contribution in [2.24, 2.45) is 0 Å². The van der Waals surface area contributed by atoms with Crippen LogP contribution in [0.1, 0.15) is 73.6 Å². The first-order valence-corrected chi connectivity index (χ1v) is 11.6. The first-order chi connectivity index (χ1) is 15.6. The fraction of sp³-hybridized carbons (Fsp3) is 0.321. The third kappa shape index (κ3) is 4.64. The number of hydrogen-bond acceptors (Lipinski definition) is 3. The van der Waals surface area contributed by atoms with Crippen LogP contribution in [0.4, 0.5) is 11.4 Å². The monoisotopic (exact) mass is 428 g/mol. The minimum Gasteiger partial charge on any atom is -0.494 e. The van der Waals surface area contributed by atoms with Gasteiger partial charge in [0.05, 0.1) is 12.2 Å². The average Bonchev–Trinajstić information content (AvgIpc) is 2.82. The highest BCUT2D eigenvalue weighted by atomic mass is 16.5. The summed E-state index contributed by atoms with van der Waals surface area (Å²) in [5, 5.41) is 3.58. The van der Waals surface area contributed by atoms with Crippen LogP contribution in [-0.2, 0) is 0 Å². The van der Waals surface area contributed by atoms with E-state index in [-0.39, 0.29) is 12.1 Å². The molecule has 1 N–H and O–H groups in total. The summed E-state index contributed by atoms with van der Waals surface area (Å²) >= 11 is 0. The molecule has 0 aliphatic carbocycles. The predicted molar refractivity (Wildman–Crippen MR) is 132 cm³/mol. The molecular weight excluding hydrogens is 396 g/mol. The van der Waals surface area contributed by atoms with Crippen LogP contribution >= 0.6 is 0 Å². The fourth-order valence-corrected chi connectivity index (χ4v) is 4.06.